The van der Waals surface area contributed by atoms with E-state index in [-0.39, 0.29) is 5.92 Å². The van der Waals surface area contributed by atoms with E-state index in [0.29, 0.717) is 18.4 Å². The Morgan fingerprint density at radius 1 is 1.39 bits per heavy atom. The lowest BCUT2D eigenvalue weighted by molar-refractivity contribution is -0.135. The van der Waals surface area contributed by atoms with Crippen LogP contribution in [0.2, 0.25) is 0 Å². The maximum absolute atomic E-state index is 12.0. The van der Waals surface area contributed by atoms with Gasteiger partial charge in [0.25, 0.3) is 5.97 Å². The number of likely N-dealkylation sites (tertiary alicyclic amines) is 1. The average Bonchev–Trinajstić information content (AvgIpc) is 2.99. The van der Waals surface area contributed by atoms with Crippen molar-refractivity contribution in [1.82, 2.24) is 4.90 Å². The molecule has 5 heteroatoms. The molecule has 1 aliphatic heterocycles. The van der Waals surface area contributed by atoms with Crippen LogP contribution < -0.4 is 5.73 Å². The van der Waals surface area contributed by atoms with Crippen molar-refractivity contribution in [3.63, 3.8) is 0 Å². The summed E-state index contributed by atoms with van der Waals surface area (Å²) >= 11 is 0. The first-order valence-corrected chi connectivity index (χ1v) is 6.38. The Morgan fingerprint density at radius 2 is 1.94 bits per heavy atom. The number of rotatable bonds is 2. The maximum Gasteiger partial charge on any atom is 0.300 e. The van der Waals surface area contributed by atoms with Crippen molar-refractivity contribution in [2.75, 3.05) is 19.6 Å². The maximum atomic E-state index is 12.0. The molecule has 2 aliphatic rings. The number of carbonyl (C=O) groups excluding carboxylic acids is 1. The Morgan fingerprint density at radius 3 is 2.39 bits per heavy atom. The molecular weight excluding hydrogens is 232 g/mol. The quantitative estimate of drug-likeness (QED) is 0.716. The van der Waals surface area contributed by atoms with Gasteiger partial charge in [-0.2, -0.15) is 0 Å². The molecule has 0 saturated carbocycles. The molecule has 1 amide bonds. The van der Waals surface area contributed by atoms with Crippen LogP contribution in [-0.4, -0.2) is 41.5 Å². The second kappa shape index (κ2) is 7.16. The van der Waals surface area contributed by atoms with E-state index in [1.165, 1.54) is 0 Å². The van der Waals surface area contributed by atoms with Crippen molar-refractivity contribution in [3.8, 4) is 0 Å². The third kappa shape index (κ3) is 4.49. The Kier molecular flexibility index (Phi) is 5.85. The van der Waals surface area contributed by atoms with Gasteiger partial charge in [0.05, 0.1) is 0 Å². The molecule has 1 fully saturated rings. The highest BCUT2D eigenvalue weighted by atomic mass is 16.4. The molecular formula is C13H22N2O3. The summed E-state index contributed by atoms with van der Waals surface area (Å²) in [7, 11) is 0. The fourth-order valence-corrected chi connectivity index (χ4v) is 2.30. The highest BCUT2D eigenvalue weighted by molar-refractivity contribution is 5.79. The number of carbonyl (C=O) groups is 2. The Balaban J connectivity index is 0.000000357. The Labute approximate surface area is 108 Å². The normalized spacial score (nSPS) is 22.8. The summed E-state index contributed by atoms with van der Waals surface area (Å²) in [5.41, 5.74) is 5.60. The molecule has 1 atom stereocenters. The first-order valence-electron chi connectivity index (χ1n) is 6.38. The van der Waals surface area contributed by atoms with Crippen LogP contribution in [0.3, 0.4) is 0 Å². The number of allylic oxidation sites excluding steroid dienone is 2. The van der Waals surface area contributed by atoms with Crippen LogP contribution in [0.4, 0.5) is 0 Å². The molecule has 0 aromatic heterocycles. The van der Waals surface area contributed by atoms with Gasteiger partial charge < -0.3 is 15.7 Å². The number of carboxylic acid groups (broad SMARTS) is 1. The van der Waals surface area contributed by atoms with Crippen LogP contribution in [-0.2, 0) is 9.59 Å². The van der Waals surface area contributed by atoms with E-state index in [0.717, 1.165) is 39.3 Å². The van der Waals surface area contributed by atoms with Crippen LogP contribution in [0.25, 0.3) is 0 Å². The Bertz CT molecular complexity index is 316. The SMILES string of the molecule is CC(=O)O.NCC1CCN(C(=O)C2CC=CC2)C1. The molecule has 0 aromatic rings. The van der Waals surface area contributed by atoms with E-state index in [4.69, 9.17) is 15.6 Å². The first kappa shape index (κ1) is 14.7. The summed E-state index contributed by atoms with van der Waals surface area (Å²) in [4.78, 5) is 22.9. The molecule has 3 N–H and O–H groups in total. The highest BCUT2D eigenvalue weighted by Crippen LogP contribution is 2.24. The van der Waals surface area contributed by atoms with Gasteiger partial charge >= 0.3 is 0 Å². The van der Waals surface area contributed by atoms with E-state index in [1.807, 2.05) is 4.90 Å². The monoisotopic (exact) mass is 254 g/mol. The molecule has 102 valence electrons. The van der Waals surface area contributed by atoms with Gasteiger partial charge in [-0.1, -0.05) is 12.2 Å². The van der Waals surface area contributed by atoms with Crippen LogP contribution >= 0.6 is 0 Å². The fraction of sp³-hybridized carbons (Fsp3) is 0.692. The molecule has 1 saturated heterocycles. The topological polar surface area (TPSA) is 83.6 Å². The Hall–Kier alpha value is -1.36. The summed E-state index contributed by atoms with van der Waals surface area (Å²) in [5, 5.41) is 7.42. The van der Waals surface area contributed by atoms with Gasteiger partial charge in [-0.15, -0.1) is 0 Å². The largest absolute Gasteiger partial charge is 0.481 e. The number of hydrogen-bond donors (Lipinski definition) is 2. The zero-order valence-corrected chi connectivity index (χ0v) is 10.8. The van der Waals surface area contributed by atoms with Gasteiger partial charge in [0.1, 0.15) is 0 Å². The predicted octanol–water partition coefficient (Wildman–Crippen LogP) is 0.851. The van der Waals surface area contributed by atoms with Crippen molar-refractivity contribution in [2.24, 2.45) is 17.6 Å². The minimum Gasteiger partial charge on any atom is -0.481 e. The molecule has 1 aliphatic carbocycles. The van der Waals surface area contributed by atoms with E-state index in [1.54, 1.807) is 0 Å². The average molecular weight is 254 g/mol. The van der Waals surface area contributed by atoms with Crippen molar-refractivity contribution in [1.29, 1.82) is 0 Å². The molecule has 0 aromatic carbocycles. The number of nitrogens with zero attached hydrogens (tertiary/aromatic N) is 1. The molecule has 2 rings (SSSR count). The number of hydrogen-bond acceptors (Lipinski definition) is 3. The zero-order valence-electron chi connectivity index (χ0n) is 10.8. The minimum atomic E-state index is -0.833. The van der Waals surface area contributed by atoms with Crippen LogP contribution in [0.15, 0.2) is 12.2 Å². The van der Waals surface area contributed by atoms with Crippen molar-refractivity contribution in [3.05, 3.63) is 12.2 Å². The lowest BCUT2D eigenvalue weighted by Crippen LogP contribution is -2.34. The summed E-state index contributed by atoms with van der Waals surface area (Å²) in [6, 6.07) is 0. The fourth-order valence-electron chi connectivity index (χ4n) is 2.30. The highest BCUT2D eigenvalue weighted by Gasteiger charge is 2.30. The summed E-state index contributed by atoms with van der Waals surface area (Å²) < 4.78 is 0. The molecule has 1 unspecified atom stereocenters. The van der Waals surface area contributed by atoms with Crippen LogP contribution in [0.1, 0.15) is 26.2 Å². The molecule has 0 bridgehead atoms. The smallest absolute Gasteiger partial charge is 0.300 e. The second-order valence-corrected chi connectivity index (χ2v) is 4.83. The summed E-state index contributed by atoms with van der Waals surface area (Å²) in [5.74, 6) is 0.269. The van der Waals surface area contributed by atoms with Crippen LogP contribution in [0.5, 0.6) is 0 Å². The van der Waals surface area contributed by atoms with E-state index in [9.17, 15) is 4.79 Å². The third-order valence-corrected chi connectivity index (χ3v) is 3.29. The summed E-state index contributed by atoms with van der Waals surface area (Å²) in [6.45, 7) is 3.59. The van der Waals surface area contributed by atoms with Gasteiger partial charge in [0.2, 0.25) is 5.91 Å². The van der Waals surface area contributed by atoms with Gasteiger partial charge in [-0.3, -0.25) is 9.59 Å². The molecule has 0 radical (unpaired) electrons. The van der Waals surface area contributed by atoms with Gasteiger partial charge in [0, 0.05) is 25.9 Å². The molecule has 0 spiro atoms. The number of carboxylic acids is 1. The second-order valence-electron chi connectivity index (χ2n) is 4.83. The van der Waals surface area contributed by atoms with E-state index < -0.39 is 5.97 Å². The number of amides is 1. The van der Waals surface area contributed by atoms with Crippen molar-refractivity contribution >= 4 is 11.9 Å². The molecule has 5 nitrogen and oxygen atoms in total. The lowest BCUT2D eigenvalue weighted by atomic mass is 10.1. The van der Waals surface area contributed by atoms with E-state index in [2.05, 4.69) is 12.2 Å². The van der Waals surface area contributed by atoms with Gasteiger partial charge in [-0.05, 0) is 31.7 Å². The number of nitrogens with two attached hydrogens (primary N) is 1. The van der Waals surface area contributed by atoms with E-state index >= 15 is 0 Å². The van der Waals surface area contributed by atoms with Gasteiger partial charge in [0.15, 0.2) is 0 Å². The minimum absolute atomic E-state index is 0.228. The first-order chi connectivity index (χ1) is 8.54. The van der Waals surface area contributed by atoms with Gasteiger partial charge in [-0.25, -0.2) is 0 Å². The lowest BCUT2D eigenvalue weighted by Gasteiger charge is -2.20. The van der Waals surface area contributed by atoms with Crippen LogP contribution in [0, 0.1) is 11.8 Å². The predicted molar refractivity (Wildman–Crippen MR) is 68.9 cm³/mol. The van der Waals surface area contributed by atoms with Crippen molar-refractivity contribution in [2.45, 2.75) is 26.2 Å². The third-order valence-electron chi connectivity index (χ3n) is 3.29. The van der Waals surface area contributed by atoms with Crippen molar-refractivity contribution < 1.29 is 14.7 Å². The standard InChI is InChI=1S/C11H18N2O.C2H4O2/c12-7-9-5-6-13(8-9)11(14)10-3-1-2-4-10;1-2(3)4/h1-2,9-10H,3-8,12H2;1H3,(H,3,4). The molecule has 18 heavy (non-hydrogen) atoms. The number of aliphatic carboxylic acids is 1. The zero-order chi connectivity index (χ0) is 13.5. The molecule has 1 heterocycles. The summed E-state index contributed by atoms with van der Waals surface area (Å²) in [6.07, 6.45) is 7.17.